The molecule has 0 saturated heterocycles. The molecule has 0 aliphatic carbocycles. The molecule has 0 heteroatoms. The average Bonchev–Trinajstić information content (AvgIpc) is 2.59. The fourth-order valence-electron chi connectivity index (χ4n) is 3.38. The van der Waals surface area contributed by atoms with Gasteiger partial charge < -0.3 is 0 Å². The zero-order chi connectivity index (χ0) is 17.7. The Kier molecular flexibility index (Phi) is 20.2. The third-order valence-electron chi connectivity index (χ3n) is 5.07. The summed E-state index contributed by atoms with van der Waals surface area (Å²) in [7, 11) is 0. The maximum absolute atomic E-state index is 3.93. The van der Waals surface area contributed by atoms with Gasteiger partial charge in [-0.15, -0.1) is 11.8 Å². The Morgan fingerprint density at radius 3 is 1.50 bits per heavy atom. The Morgan fingerprint density at radius 1 is 0.625 bits per heavy atom. The molecule has 0 heterocycles. The summed E-state index contributed by atoms with van der Waals surface area (Å²) >= 11 is 0. The summed E-state index contributed by atoms with van der Waals surface area (Å²) in [5.41, 5.74) is 0. The Bertz CT molecular complexity index is 280. The molecule has 0 saturated carbocycles. The molecule has 0 bridgehead atoms. The molecule has 0 aliphatic heterocycles. The molecule has 140 valence electrons. The van der Waals surface area contributed by atoms with Crippen LogP contribution in [0.2, 0.25) is 0 Å². The van der Waals surface area contributed by atoms with E-state index < -0.39 is 0 Å². The predicted octanol–water partition coefficient (Wildman–Crippen LogP) is 8.32. The summed E-state index contributed by atoms with van der Waals surface area (Å²) in [5.74, 6) is 6.69. The van der Waals surface area contributed by atoms with E-state index in [-0.39, 0.29) is 0 Å². The summed E-state index contributed by atoms with van der Waals surface area (Å²) in [6, 6.07) is 0. The van der Waals surface area contributed by atoms with Crippen LogP contribution in [0.25, 0.3) is 0 Å². The monoisotopic (exact) mass is 332 g/mol. The minimum Gasteiger partial charge on any atom is -0.103 e. The van der Waals surface area contributed by atoms with Gasteiger partial charge in [-0.2, -0.15) is 0 Å². The van der Waals surface area contributed by atoms with Crippen LogP contribution in [0.1, 0.15) is 122 Å². The SMILES string of the molecule is [CH2]C#CCCCCCCCCCCCCCCCC(C)CCC[CH2]. The number of hydrogen-bond donors (Lipinski definition) is 0. The fraction of sp³-hybridized carbons (Fsp3) is 0.833. The minimum absolute atomic E-state index is 0.920. The van der Waals surface area contributed by atoms with Crippen LogP contribution in [0.4, 0.5) is 0 Å². The summed E-state index contributed by atoms with van der Waals surface area (Å²) in [4.78, 5) is 0. The normalized spacial score (nSPS) is 12.0. The maximum Gasteiger partial charge on any atom is 0.0198 e. The van der Waals surface area contributed by atoms with E-state index in [1.54, 1.807) is 0 Å². The molecule has 0 fully saturated rings. The van der Waals surface area contributed by atoms with Crippen LogP contribution in [0.15, 0.2) is 0 Å². The molecule has 0 aromatic carbocycles. The van der Waals surface area contributed by atoms with Gasteiger partial charge in [0.05, 0.1) is 0 Å². The van der Waals surface area contributed by atoms with Gasteiger partial charge in [-0.25, -0.2) is 0 Å². The van der Waals surface area contributed by atoms with Crippen LogP contribution in [0.3, 0.4) is 0 Å². The van der Waals surface area contributed by atoms with Gasteiger partial charge in [0.15, 0.2) is 0 Å². The smallest absolute Gasteiger partial charge is 0.0198 e. The van der Waals surface area contributed by atoms with Gasteiger partial charge in [-0.05, 0) is 12.3 Å². The van der Waals surface area contributed by atoms with Crippen molar-refractivity contribution in [1.82, 2.24) is 0 Å². The van der Waals surface area contributed by atoms with Crippen molar-refractivity contribution in [1.29, 1.82) is 0 Å². The molecule has 1 atom stereocenters. The average molecular weight is 333 g/mol. The third-order valence-corrected chi connectivity index (χ3v) is 5.07. The summed E-state index contributed by atoms with van der Waals surface area (Å²) in [5, 5.41) is 0. The highest BCUT2D eigenvalue weighted by molar-refractivity contribution is 5.00. The lowest BCUT2D eigenvalue weighted by atomic mass is 9.97. The molecule has 0 rings (SSSR count). The van der Waals surface area contributed by atoms with Gasteiger partial charge in [-0.3, -0.25) is 0 Å². The van der Waals surface area contributed by atoms with Crippen LogP contribution in [-0.4, -0.2) is 0 Å². The van der Waals surface area contributed by atoms with Gasteiger partial charge >= 0.3 is 0 Å². The van der Waals surface area contributed by atoms with E-state index in [1.807, 2.05) is 0 Å². The van der Waals surface area contributed by atoms with Gasteiger partial charge in [0.2, 0.25) is 0 Å². The second-order valence-corrected chi connectivity index (χ2v) is 7.59. The predicted molar refractivity (Wildman–Crippen MR) is 111 cm³/mol. The third kappa shape index (κ3) is 19.6. The van der Waals surface area contributed by atoms with Crippen molar-refractivity contribution in [3.63, 3.8) is 0 Å². The standard InChI is InChI=1S/C24H44/c1-4-6-8-9-10-11-12-13-14-15-16-17-18-19-20-21-23-24(3)22-7-5-2/h24H,1-2,5,7-23H2,3H3. The quantitative estimate of drug-likeness (QED) is 0.175. The zero-order valence-electron chi connectivity index (χ0n) is 16.7. The maximum atomic E-state index is 3.93. The van der Waals surface area contributed by atoms with E-state index in [2.05, 4.69) is 32.6 Å². The van der Waals surface area contributed by atoms with Crippen LogP contribution in [0, 0.1) is 31.6 Å². The van der Waals surface area contributed by atoms with Crippen molar-refractivity contribution in [2.24, 2.45) is 5.92 Å². The molecule has 0 aromatic rings. The first-order valence-electron chi connectivity index (χ1n) is 10.9. The molecule has 2 radical (unpaired) electrons. The van der Waals surface area contributed by atoms with Crippen LogP contribution < -0.4 is 0 Å². The first kappa shape index (κ1) is 23.6. The van der Waals surface area contributed by atoms with E-state index in [4.69, 9.17) is 0 Å². The van der Waals surface area contributed by atoms with E-state index in [0.717, 1.165) is 18.8 Å². The summed E-state index contributed by atoms with van der Waals surface area (Å²) in [6.07, 6.45) is 24.8. The Balaban J connectivity index is 3.06. The van der Waals surface area contributed by atoms with Gasteiger partial charge in [0.25, 0.3) is 0 Å². The molecule has 24 heavy (non-hydrogen) atoms. The van der Waals surface area contributed by atoms with Crippen molar-refractivity contribution >= 4 is 0 Å². The molecule has 0 aliphatic rings. The Hall–Kier alpha value is -0.440. The van der Waals surface area contributed by atoms with Crippen LogP contribution in [0.5, 0.6) is 0 Å². The molecule has 0 amide bonds. The highest BCUT2D eigenvalue weighted by Gasteiger charge is 2.01. The van der Waals surface area contributed by atoms with Crippen molar-refractivity contribution in [3.8, 4) is 11.8 Å². The molecule has 1 unspecified atom stereocenters. The van der Waals surface area contributed by atoms with E-state index in [1.165, 1.54) is 103 Å². The number of rotatable bonds is 18. The molecule has 0 spiro atoms. The molecular formula is C24H44. The van der Waals surface area contributed by atoms with E-state index in [0.29, 0.717) is 0 Å². The lowest BCUT2D eigenvalue weighted by molar-refractivity contribution is 0.443. The van der Waals surface area contributed by atoms with Crippen LogP contribution in [-0.2, 0) is 0 Å². The largest absolute Gasteiger partial charge is 0.103 e. The highest BCUT2D eigenvalue weighted by atomic mass is 14.1. The van der Waals surface area contributed by atoms with Gasteiger partial charge in [0.1, 0.15) is 0 Å². The first-order valence-corrected chi connectivity index (χ1v) is 10.9. The molecule has 0 N–H and O–H groups in total. The minimum atomic E-state index is 0.920. The van der Waals surface area contributed by atoms with Crippen molar-refractivity contribution in [2.75, 3.05) is 0 Å². The highest BCUT2D eigenvalue weighted by Crippen LogP contribution is 2.17. The first-order chi connectivity index (χ1) is 11.8. The zero-order valence-corrected chi connectivity index (χ0v) is 16.7. The van der Waals surface area contributed by atoms with E-state index in [9.17, 15) is 0 Å². The van der Waals surface area contributed by atoms with Crippen molar-refractivity contribution in [2.45, 2.75) is 122 Å². The second kappa shape index (κ2) is 20.6. The van der Waals surface area contributed by atoms with E-state index >= 15 is 0 Å². The molecular weight excluding hydrogens is 288 g/mol. The fourth-order valence-corrected chi connectivity index (χ4v) is 3.38. The van der Waals surface area contributed by atoms with Crippen LogP contribution >= 0.6 is 0 Å². The summed E-state index contributed by atoms with van der Waals surface area (Å²) in [6.45, 7) is 9.88. The van der Waals surface area contributed by atoms with Gasteiger partial charge in [-0.1, -0.05) is 117 Å². The van der Waals surface area contributed by atoms with Crippen molar-refractivity contribution in [3.05, 3.63) is 13.8 Å². The lowest BCUT2D eigenvalue weighted by Gasteiger charge is -2.10. The Labute approximate surface area is 154 Å². The topological polar surface area (TPSA) is 0 Å². The molecule has 0 nitrogen and oxygen atoms in total. The number of hydrogen-bond acceptors (Lipinski definition) is 0. The summed E-state index contributed by atoms with van der Waals surface area (Å²) < 4.78 is 0. The lowest BCUT2D eigenvalue weighted by Crippen LogP contribution is -1.94. The van der Waals surface area contributed by atoms with Gasteiger partial charge in [0, 0.05) is 13.3 Å². The second-order valence-electron chi connectivity index (χ2n) is 7.59. The Morgan fingerprint density at radius 2 is 1.04 bits per heavy atom. The van der Waals surface area contributed by atoms with Crippen molar-refractivity contribution < 1.29 is 0 Å². The number of unbranched alkanes of at least 4 members (excludes halogenated alkanes) is 14. The molecule has 0 aromatic heterocycles.